The number of hydrogen-bond acceptors (Lipinski definition) is 6. The molecule has 2 heterocycles. The van der Waals surface area contributed by atoms with Crippen LogP contribution < -0.4 is 0 Å². The third-order valence-corrected chi connectivity index (χ3v) is 8.34. The summed E-state index contributed by atoms with van der Waals surface area (Å²) >= 11 is 7.78. The minimum atomic E-state index is -3.54. The Morgan fingerprint density at radius 1 is 1.18 bits per heavy atom. The standard InChI is InChI=1S/C19H23ClN2O4S2/c1-13-12-17(14(2)27-13)28(24,25)22-10-8-21(9-11-22)18(19(23)26-3)15-6-4-5-7-16(15)20/h4-7,12,18H,8-11H2,1-3H3. The summed E-state index contributed by atoms with van der Waals surface area (Å²) in [7, 11) is -2.20. The Kier molecular flexibility index (Phi) is 6.46. The van der Waals surface area contributed by atoms with Crippen molar-refractivity contribution in [3.8, 4) is 0 Å². The summed E-state index contributed by atoms with van der Waals surface area (Å²) in [5, 5.41) is 0.484. The topological polar surface area (TPSA) is 66.9 Å². The van der Waals surface area contributed by atoms with E-state index in [1.54, 1.807) is 24.3 Å². The maximum atomic E-state index is 13.0. The molecule has 0 N–H and O–H groups in total. The van der Waals surface area contributed by atoms with Gasteiger partial charge in [-0.25, -0.2) is 13.2 Å². The van der Waals surface area contributed by atoms with Crippen molar-refractivity contribution in [2.24, 2.45) is 0 Å². The van der Waals surface area contributed by atoms with E-state index in [9.17, 15) is 13.2 Å². The van der Waals surface area contributed by atoms with Gasteiger partial charge >= 0.3 is 5.97 Å². The molecule has 1 aliphatic heterocycles. The lowest BCUT2D eigenvalue weighted by molar-refractivity contribution is -0.147. The number of halogens is 1. The van der Waals surface area contributed by atoms with Gasteiger partial charge in [0.1, 0.15) is 6.04 Å². The Morgan fingerprint density at radius 2 is 1.82 bits per heavy atom. The number of methoxy groups -OCH3 is 1. The second kappa shape index (κ2) is 8.51. The third kappa shape index (κ3) is 4.11. The molecule has 1 aliphatic rings. The molecule has 1 aromatic carbocycles. The second-order valence-electron chi connectivity index (χ2n) is 6.66. The van der Waals surface area contributed by atoms with Gasteiger partial charge in [0, 0.05) is 41.0 Å². The van der Waals surface area contributed by atoms with Crippen LogP contribution in [0.4, 0.5) is 0 Å². The fourth-order valence-corrected chi connectivity index (χ4v) is 6.67. The fraction of sp³-hybridized carbons (Fsp3) is 0.421. The van der Waals surface area contributed by atoms with Gasteiger partial charge in [-0.15, -0.1) is 11.3 Å². The molecule has 0 bridgehead atoms. The third-order valence-electron chi connectivity index (χ3n) is 4.88. The quantitative estimate of drug-likeness (QED) is 0.665. The van der Waals surface area contributed by atoms with E-state index in [1.807, 2.05) is 24.8 Å². The van der Waals surface area contributed by atoms with E-state index in [1.165, 1.54) is 22.8 Å². The summed E-state index contributed by atoms with van der Waals surface area (Å²) in [6, 6.07) is 8.21. The molecule has 152 valence electrons. The summed E-state index contributed by atoms with van der Waals surface area (Å²) in [6.45, 7) is 5.15. The first kappa shape index (κ1) is 21.3. The van der Waals surface area contributed by atoms with Crippen molar-refractivity contribution in [2.75, 3.05) is 33.3 Å². The number of carbonyl (C=O) groups is 1. The molecule has 0 amide bonds. The van der Waals surface area contributed by atoms with Gasteiger partial charge in [-0.05, 0) is 31.5 Å². The first-order chi connectivity index (χ1) is 13.3. The van der Waals surface area contributed by atoms with Gasteiger partial charge in [0.05, 0.1) is 12.0 Å². The van der Waals surface area contributed by atoms with Gasteiger partial charge in [0.15, 0.2) is 0 Å². The van der Waals surface area contributed by atoms with E-state index >= 15 is 0 Å². The highest BCUT2D eigenvalue weighted by Crippen LogP contribution is 2.32. The zero-order valence-corrected chi connectivity index (χ0v) is 18.4. The van der Waals surface area contributed by atoms with Crippen molar-refractivity contribution in [3.05, 3.63) is 50.7 Å². The van der Waals surface area contributed by atoms with Crippen LogP contribution in [0, 0.1) is 13.8 Å². The lowest BCUT2D eigenvalue weighted by Gasteiger charge is -2.37. The molecule has 2 aromatic rings. The number of carbonyl (C=O) groups excluding carboxylic acids is 1. The highest BCUT2D eigenvalue weighted by molar-refractivity contribution is 7.89. The average molecular weight is 443 g/mol. The van der Waals surface area contributed by atoms with Crippen molar-refractivity contribution in [1.82, 2.24) is 9.21 Å². The second-order valence-corrected chi connectivity index (χ2v) is 10.4. The Labute approximate surface area is 174 Å². The summed E-state index contributed by atoms with van der Waals surface area (Å²) in [6.07, 6.45) is 0. The number of hydrogen-bond donors (Lipinski definition) is 0. The molecule has 3 rings (SSSR count). The maximum absolute atomic E-state index is 13.0. The molecule has 9 heteroatoms. The number of ether oxygens (including phenoxy) is 1. The fourth-order valence-electron chi connectivity index (χ4n) is 3.49. The zero-order valence-electron chi connectivity index (χ0n) is 16.0. The summed E-state index contributed by atoms with van der Waals surface area (Å²) in [5.41, 5.74) is 0.664. The molecule has 0 spiro atoms. The van der Waals surface area contributed by atoms with E-state index < -0.39 is 22.0 Å². The van der Waals surface area contributed by atoms with Crippen LogP contribution in [-0.2, 0) is 19.6 Å². The maximum Gasteiger partial charge on any atom is 0.327 e. The van der Waals surface area contributed by atoms with E-state index in [-0.39, 0.29) is 0 Å². The van der Waals surface area contributed by atoms with Crippen LogP contribution in [0.1, 0.15) is 21.4 Å². The molecule has 1 fully saturated rings. The first-order valence-corrected chi connectivity index (χ1v) is 11.5. The number of esters is 1. The minimum absolute atomic E-state index is 0.300. The monoisotopic (exact) mass is 442 g/mol. The highest BCUT2D eigenvalue weighted by atomic mass is 35.5. The lowest BCUT2D eigenvalue weighted by atomic mass is 10.0. The number of rotatable bonds is 5. The van der Waals surface area contributed by atoms with Crippen LogP contribution in [0.5, 0.6) is 0 Å². The molecule has 0 aliphatic carbocycles. The van der Waals surface area contributed by atoms with Gasteiger partial charge in [-0.2, -0.15) is 4.31 Å². The van der Waals surface area contributed by atoms with E-state index in [0.717, 1.165) is 9.75 Å². The van der Waals surface area contributed by atoms with Crippen LogP contribution in [0.2, 0.25) is 5.02 Å². The van der Waals surface area contributed by atoms with Crippen LogP contribution in [0.15, 0.2) is 35.2 Å². The molecule has 1 saturated heterocycles. The van der Waals surface area contributed by atoms with Gasteiger partial charge in [0.25, 0.3) is 0 Å². The Bertz CT molecular complexity index is 966. The SMILES string of the molecule is COC(=O)C(c1ccccc1Cl)N1CCN(S(=O)(=O)c2cc(C)sc2C)CC1. The molecule has 1 aromatic heterocycles. The average Bonchev–Trinajstić information content (AvgIpc) is 3.02. The number of aryl methyl sites for hydroxylation is 2. The first-order valence-electron chi connectivity index (χ1n) is 8.89. The van der Waals surface area contributed by atoms with Gasteiger partial charge in [-0.1, -0.05) is 29.8 Å². The smallest absolute Gasteiger partial charge is 0.327 e. The molecule has 28 heavy (non-hydrogen) atoms. The van der Waals surface area contributed by atoms with Crippen molar-refractivity contribution >= 4 is 38.9 Å². The predicted molar refractivity (Wildman–Crippen MR) is 110 cm³/mol. The molecule has 0 saturated carbocycles. The number of piperazine rings is 1. The van der Waals surface area contributed by atoms with Crippen LogP contribution in [-0.4, -0.2) is 56.9 Å². The highest BCUT2D eigenvalue weighted by Gasteiger charge is 2.36. The minimum Gasteiger partial charge on any atom is -0.468 e. The van der Waals surface area contributed by atoms with Gasteiger partial charge in [0.2, 0.25) is 10.0 Å². The molecular weight excluding hydrogens is 420 g/mol. The van der Waals surface area contributed by atoms with Crippen molar-refractivity contribution < 1.29 is 17.9 Å². The molecular formula is C19H23ClN2O4S2. The summed E-state index contributed by atoms with van der Waals surface area (Å²) < 4.78 is 32.5. The summed E-state index contributed by atoms with van der Waals surface area (Å²) in [4.78, 5) is 16.5. The van der Waals surface area contributed by atoms with Gasteiger partial charge < -0.3 is 4.74 Å². The molecule has 6 nitrogen and oxygen atoms in total. The number of sulfonamides is 1. The van der Waals surface area contributed by atoms with E-state index in [0.29, 0.717) is 41.7 Å². The predicted octanol–water partition coefficient (Wildman–Crippen LogP) is 3.24. The molecule has 0 radical (unpaired) electrons. The van der Waals surface area contributed by atoms with Crippen molar-refractivity contribution in [3.63, 3.8) is 0 Å². The normalized spacial score (nSPS) is 17.4. The number of benzene rings is 1. The van der Waals surface area contributed by atoms with E-state index in [2.05, 4.69) is 0 Å². The van der Waals surface area contributed by atoms with Crippen molar-refractivity contribution in [1.29, 1.82) is 0 Å². The number of nitrogens with zero attached hydrogens (tertiary/aromatic N) is 2. The Morgan fingerprint density at radius 3 is 2.36 bits per heavy atom. The van der Waals surface area contributed by atoms with Crippen molar-refractivity contribution in [2.45, 2.75) is 24.8 Å². The Hall–Kier alpha value is -1.45. The van der Waals surface area contributed by atoms with Crippen LogP contribution >= 0.6 is 22.9 Å². The largest absolute Gasteiger partial charge is 0.468 e. The van der Waals surface area contributed by atoms with Crippen LogP contribution in [0.3, 0.4) is 0 Å². The van der Waals surface area contributed by atoms with Gasteiger partial charge in [-0.3, -0.25) is 4.90 Å². The van der Waals surface area contributed by atoms with Crippen LogP contribution in [0.25, 0.3) is 0 Å². The zero-order chi connectivity index (χ0) is 20.5. The van der Waals surface area contributed by atoms with E-state index in [4.69, 9.17) is 16.3 Å². The molecule has 1 atom stereocenters. The number of thiophene rings is 1. The molecule has 1 unspecified atom stereocenters. The lowest BCUT2D eigenvalue weighted by Crippen LogP contribution is -2.51. The Balaban J connectivity index is 1.80. The summed E-state index contributed by atoms with van der Waals surface area (Å²) in [5.74, 6) is -0.409.